The van der Waals surface area contributed by atoms with Crippen LogP contribution in [-0.4, -0.2) is 15.0 Å². The lowest BCUT2D eigenvalue weighted by molar-refractivity contribution is 0.669. The molecule has 172 valence electrons. The molecule has 0 saturated carbocycles. The number of nitrogens with zero attached hydrogens (tertiary/aromatic N) is 3. The maximum Gasteiger partial charge on any atom is 0.164 e. The van der Waals surface area contributed by atoms with E-state index in [4.69, 9.17) is 31.0 Å². The molecule has 1 unspecified atom stereocenters. The predicted octanol–water partition coefficient (Wildman–Crippen LogP) is 8.51. The molecular formula is C31H20ClN3O. The molecule has 2 heterocycles. The van der Waals surface area contributed by atoms with Gasteiger partial charge in [-0.15, -0.1) is 0 Å². The second-order valence-corrected chi connectivity index (χ2v) is 9.42. The molecule has 36 heavy (non-hydrogen) atoms. The molecule has 1 aliphatic rings. The van der Waals surface area contributed by atoms with E-state index in [0.29, 0.717) is 16.7 Å². The minimum absolute atomic E-state index is 0.0926. The van der Waals surface area contributed by atoms with Crippen molar-refractivity contribution in [2.45, 2.75) is 12.3 Å². The molecule has 1 atom stereocenters. The zero-order valence-corrected chi connectivity index (χ0v) is 20.0. The molecular weight excluding hydrogens is 466 g/mol. The van der Waals surface area contributed by atoms with Crippen molar-refractivity contribution in [3.8, 4) is 22.8 Å². The molecule has 0 aliphatic heterocycles. The number of allylic oxidation sites excluding steroid dienone is 4. The van der Waals surface area contributed by atoms with E-state index in [-0.39, 0.29) is 5.92 Å². The number of aromatic nitrogens is 3. The fraction of sp³-hybridized carbons (Fsp3) is 0.0645. The quantitative estimate of drug-likeness (QED) is 0.252. The van der Waals surface area contributed by atoms with E-state index in [1.165, 1.54) is 5.39 Å². The van der Waals surface area contributed by atoms with E-state index in [1.54, 1.807) is 0 Å². The van der Waals surface area contributed by atoms with Crippen LogP contribution >= 0.6 is 11.6 Å². The average Bonchev–Trinajstić information content (AvgIpc) is 3.30. The Bertz CT molecular complexity index is 1850. The van der Waals surface area contributed by atoms with Gasteiger partial charge in [0.2, 0.25) is 0 Å². The van der Waals surface area contributed by atoms with Crippen molar-refractivity contribution in [1.82, 2.24) is 15.0 Å². The lowest BCUT2D eigenvalue weighted by Crippen LogP contribution is -2.08. The number of hydrogen-bond acceptors (Lipinski definition) is 4. The van der Waals surface area contributed by atoms with E-state index >= 15 is 0 Å². The fourth-order valence-electron chi connectivity index (χ4n) is 4.89. The van der Waals surface area contributed by atoms with Crippen LogP contribution in [0.1, 0.15) is 18.2 Å². The molecule has 0 amide bonds. The zero-order valence-electron chi connectivity index (χ0n) is 19.2. The van der Waals surface area contributed by atoms with Crippen LogP contribution in [0, 0.1) is 0 Å². The SMILES string of the molecule is Clc1ccc2c(c1)oc1cccc(-c3nc(-c4ccc5ccccc5c4)nc(C4C=CC=CC4)n3)c12. The molecule has 5 heteroatoms. The number of rotatable bonds is 3. The van der Waals surface area contributed by atoms with E-state index in [9.17, 15) is 0 Å². The van der Waals surface area contributed by atoms with Crippen LogP contribution in [0.4, 0.5) is 0 Å². The third-order valence-electron chi connectivity index (χ3n) is 6.67. The Kier molecular flexibility index (Phi) is 4.93. The number of halogens is 1. The van der Waals surface area contributed by atoms with Crippen molar-refractivity contribution >= 4 is 44.3 Å². The molecule has 0 spiro atoms. The second kappa shape index (κ2) is 8.43. The Labute approximate surface area is 212 Å². The van der Waals surface area contributed by atoms with Gasteiger partial charge in [-0.1, -0.05) is 84.4 Å². The zero-order chi connectivity index (χ0) is 24.1. The monoisotopic (exact) mass is 485 g/mol. The van der Waals surface area contributed by atoms with Crippen LogP contribution in [-0.2, 0) is 0 Å². The first-order chi connectivity index (χ1) is 17.7. The lowest BCUT2D eigenvalue weighted by atomic mass is 9.99. The van der Waals surface area contributed by atoms with Crippen LogP contribution in [0.3, 0.4) is 0 Å². The third kappa shape index (κ3) is 3.58. The topological polar surface area (TPSA) is 51.8 Å². The summed E-state index contributed by atoms with van der Waals surface area (Å²) in [6.07, 6.45) is 9.28. The number of benzene rings is 4. The third-order valence-corrected chi connectivity index (χ3v) is 6.91. The molecule has 6 aromatic rings. The Morgan fingerprint density at radius 2 is 1.64 bits per heavy atom. The van der Waals surface area contributed by atoms with Gasteiger partial charge in [0.15, 0.2) is 11.6 Å². The molecule has 4 nitrogen and oxygen atoms in total. The van der Waals surface area contributed by atoms with E-state index in [0.717, 1.165) is 50.7 Å². The molecule has 7 rings (SSSR count). The molecule has 0 saturated heterocycles. The normalized spacial score (nSPS) is 15.3. The van der Waals surface area contributed by atoms with Gasteiger partial charge in [-0.3, -0.25) is 0 Å². The highest BCUT2D eigenvalue weighted by molar-refractivity contribution is 6.31. The summed E-state index contributed by atoms with van der Waals surface area (Å²) in [6, 6.07) is 26.4. The highest BCUT2D eigenvalue weighted by Crippen LogP contribution is 2.37. The Balaban J connectivity index is 1.47. The molecule has 0 fully saturated rings. The van der Waals surface area contributed by atoms with Crippen molar-refractivity contribution in [2.75, 3.05) is 0 Å². The summed E-state index contributed by atoms with van der Waals surface area (Å²) in [5.41, 5.74) is 3.40. The summed E-state index contributed by atoms with van der Waals surface area (Å²) in [6.45, 7) is 0. The van der Waals surface area contributed by atoms with E-state index < -0.39 is 0 Å². The Morgan fingerprint density at radius 3 is 2.53 bits per heavy atom. The van der Waals surface area contributed by atoms with Crippen LogP contribution in [0.5, 0.6) is 0 Å². The maximum absolute atomic E-state index is 6.23. The van der Waals surface area contributed by atoms with Crippen LogP contribution < -0.4 is 0 Å². The smallest absolute Gasteiger partial charge is 0.164 e. The van der Waals surface area contributed by atoms with Gasteiger partial charge in [-0.05, 0) is 41.5 Å². The minimum atomic E-state index is 0.0926. The molecule has 1 aliphatic carbocycles. The lowest BCUT2D eigenvalue weighted by Gasteiger charge is -2.15. The predicted molar refractivity (Wildman–Crippen MR) is 146 cm³/mol. The van der Waals surface area contributed by atoms with Gasteiger partial charge in [0.05, 0.1) is 0 Å². The van der Waals surface area contributed by atoms with Gasteiger partial charge in [-0.25, -0.2) is 15.0 Å². The van der Waals surface area contributed by atoms with Gasteiger partial charge < -0.3 is 4.42 Å². The van der Waals surface area contributed by atoms with Gasteiger partial charge in [0.25, 0.3) is 0 Å². The van der Waals surface area contributed by atoms with Crippen molar-refractivity contribution in [2.24, 2.45) is 0 Å². The van der Waals surface area contributed by atoms with E-state index in [1.807, 2.05) is 48.5 Å². The van der Waals surface area contributed by atoms with Crippen molar-refractivity contribution in [1.29, 1.82) is 0 Å². The fourth-order valence-corrected chi connectivity index (χ4v) is 5.06. The summed E-state index contributed by atoms with van der Waals surface area (Å²) in [7, 11) is 0. The van der Waals surface area contributed by atoms with Crippen molar-refractivity contribution in [3.63, 3.8) is 0 Å². The van der Waals surface area contributed by atoms with E-state index in [2.05, 4.69) is 54.6 Å². The summed E-state index contributed by atoms with van der Waals surface area (Å²) in [4.78, 5) is 14.9. The summed E-state index contributed by atoms with van der Waals surface area (Å²) in [5, 5.41) is 4.94. The van der Waals surface area contributed by atoms with Crippen molar-refractivity contribution < 1.29 is 4.42 Å². The minimum Gasteiger partial charge on any atom is -0.456 e. The standard InChI is InChI=1S/C31H20ClN3O/c32-23-15-16-24-27(18-23)36-26-12-6-11-25(28(24)26)31-34-29(20-8-2-1-3-9-20)33-30(35-31)22-14-13-19-7-4-5-10-21(19)17-22/h1-8,10-18,20H,9H2. The summed E-state index contributed by atoms with van der Waals surface area (Å²) >= 11 is 6.23. The van der Waals surface area contributed by atoms with Crippen LogP contribution in [0.25, 0.3) is 55.5 Å². The molecule has 0 bridgehead atoms. The summed E-state index contributed by atoms with van der Waals surface area (Å²) in [5.74, 6) is 2.15. The van der Waals surface area contributed by atoms with Gasteiger partial charge >= 0.3 is 0 Å². The first-order valence-electron chi connectivity index (χ1n) is 11.9. The average molecular weight is 486 g/mol. The Hall–Kier alpha value is -4.28. The number of fused-ring (bicyclic) bond motifs is 4. The first-order valence-corrected chi connectivity index (χ1v) is 12.3. The number of hydrogen-bond donors (Lipinski definition) is 0. The van der Waals surface area contributed by atoms with Crippen molar-refractivity contribution in [3.05, 3.63) is 114 Å². The van der Waals surface area contributed by atoms with Gasteiger partial charge in [0, 0.05) is 38.9 Å². The molecule has 4 aromatic carbocycles. The molecule has 2 aromatic heterocycles. The number of furan rings is 1. The van der Waals surface area contributed by atoms with Crippen LogP contribution in [0.2, 0.25) is 5.02 Å². The molecule has 0 N–H and O–H groups in total. The highest BCUT2D eigenvalue weighted by atomic mass is 35.5. The largest absolute Gasteiger partial charge is 0.456 e. The Morgan fingerprint density at radius 1 is 0.750 bits per heavy atom. The molecule has 0 radical (unpaired) electrons. The van der Waals surface area contributed by atoms with Gasteiger partial charge in [-0.2, -0.15) is 0 Å². The highest BCUT2D eigenvalue weighted by Gasteiger charge is 2.20. The maximum atomic E-state index is 6.23. The van der Waals surface area contributed by atoms with Crippen LogP contribution in [0.15, 0.2) is 108 Å². The first kappa shape index (κ1) is 21.0. The second-order valence-electron chi connectivity index (χ2n) is 8.98. The van der Waals surface area contributed by atoms with Gasteiger partial charge in [0.1, 0.15) is 17.0 Å². The summed E-state index contributed by atoms with van der Waals surface area (Å²) < 4.78 is 6.13.